The molecule has 4 nitrogen and oxygen atoms in total. The van der Waals surface area contributed by atoms with Crippen LogP contribution < -0.4 is 10.6 Å². The molecule has 2 amide bonds. The highest BCUT2D eigenvalue weighted by molar-refractivity contribution is 6.30. The van der Waals surface area contributed by atoms with Gasteiger partial charge in [-0.3, -0.25) is 9.59 Å². The van der Waals surface area contributed by atoms with Crippen LogP contribution in [0.25, 0.3) is 0 Å². The molecule has 1 aromatic rings. The van der Waals surface area contributed by atoms with Gasteiger partial charge in [-0.2, -0.15) is 0 Å². The Bertz CT molecular complexity index is 444. The molecule has 0 saturated heterocycles. The molecule has 1 saturated carbocycles. The Hall–Kier alpha value is -1.55. The summed E-state index contributed by atoms with van der Waals surface area (Å²) in [5.41, 5.74) is 0.696. The maximum Gasteiger partial charge on any atom is 0.228 e. The fourth-order valence-corrected chi connectivity index (χ4v) is 1.85. The van der Waals surface area contributed by atoms with Crippen LogP contribution in [0.5, 0.6) is 0 Å². The molecule has 2 rings (SSSR count). The molecular formula is C12H13ClN2O2. The van der Waals surface area contributed by atoms with E-state index in [0.717, 1.165) is 0 Å². The monoisotopic (exact) mass is 252 g/mol. The molecule has 1 fully saturated rings. The van der Waals surface area contributed by atoms with Crippen molar-refractivity contribution in [3.05, 3.63) is 29.3 Å². The fourth-order valence-electron chi connectivity index (χ4n) is 1.73. The van der Waals surface area contributed by atoms with Crippen molar-refractivity contribution in [1.29, 1.82) is 0 Å². The van der Waals surface area contributed by atoms with E-state index in [9.17, 15) is 9.59 Å². The number of carbonyl (C=O) groups is 2. The Labute approximate surface area is 104 Å². The molecule has 0 bridgehead atoms. The molecule has 0 aliphatic heterocycles. The van der Waals surface area contributed by atoms with Gasteiger partial charge < -0.3 is 10.6 Å². The van der Waals surface area contributed by atoms with Gasteiger partial charge in [0.2, 0.25) is 11.8 Å². The normalized spacial score (nSPS) is 21.8. The van der Waals surface area contributed by atoms with Gasteiger partial charge in [-0.25, -0.2) is 0 Å². The number of hydrogen-bond acceptors (Lipinski definition) is 2. The van der Waals surface area contributed by atoms with Crippen LogP contribution in [0, 0.1) is 11.8 Å². The topological polar surface area (TPSA) is 58.2 Å². The molecule has 0 aromatic heterocycles. The van der Waals surface area contributed by atoms with Gasteiger partial charge in [0.25, 0.3) is 0 Å². The third kappa shape index (κ3) is 2.77. The van der Waals surface area contributed by atoms with E-state index in [1.165, 1.54) is 0 Å². The fraction of sp³-hybridized carbons (Fsp3) is 0.333. The minimum Gasteiger partial charge on any atom is -0.359 e. The minimum absolute atomic E-state index is 0.0683. The highest BCUT2D eigenvalue weighted by Gasteiger charge is 2.47. The summed E-state index contributed by atoms with van der Waals surface area (Å²) in [5.74, 6) is -0.555. The number of rotatable bonds is 3. The number of amides is 2. The molecule has 0 spiro atoms. The van der Waals surface area contributed by atoms with Crippen molar-refractivity contribution >= 4 is 29.1 Å². The molecule has 90 valence electrons. The van der Waals surface area contributed by atoms with E-state index < -0.39 is 0 Å². The van der Waals surface area contributed by atoms with Crippen LogP contribution in [0.1, 0.15) is 6.42 Å². The summed E-state index contributed by atoms with van der Waals surface area (Å²) < 4.78 is 0. The van der Waals surface area contributed by atoms with E-state index in [1.807, 2.05) is 0 Å². The summed E-state index contributed by atoms with van der Waals surface area (Å²) in [7, 11) is 1.58. The highest BCUT2D eigenvalue weighted by Crippen LogP contribution is 2.39. The average molecular weight is 253 g/mol. The quantitative estimate of drug-likeness (QED) is 0.860. The Kier molecular flexibility index (Phi) is 3.33. The van der Waals surface area contributed by atoms with Gasteiger partial charge in [0, 0.05) is 17.8 Å². The third-order valence-corrected chi connectivity index (χ3v) is 3.07. The molecule has 1 aliphatic carbocycles. The molecule has 0 radical (unpaired) electrons. The molecule has 1 unspecified atom stereocenters. The van der Waals surface area contributed by atoms with E-state index in [1.54, 1.807) is 31.3 Å². The first-order chi connectivity index (χ1) is 8.11. The first-order valence-electron chi connectivity index (χ1n) is 5.40. The number of hydrogen-bond donors (Lipinski definition) is 2. The molecule has 1 aromatic carbocycles. The average Bonchev–Trinajstić information content (AvgIpc) is 3.11. The smallest absolute Gasteiger partial charge is 0.228 e. The maximum atomic E-state index is 11.8. The van der Waals surface area contributed by atoms with Gasteiger partial charge in [0.05, 0.1) is 11.8 Å². The number of nitrogens with one attached hydrogen (secondary N) is 2. The largest absolute Gasteiger partial charge is 0.359 e. The standard InChI is InChI=1S/C12H13ClN2O2/c1-14-11(16)9-6-10(9)12(17)15-8-4-2-7(13)3-5-8/h2-5,9-10H,6H2,1H3,(H,14,16)(H,15,17)/t9?,10-/m1/s1. The SMILES string of the molecule is CNC(=O)C1C[C@H]1C(=O)Nc1ccc(Cl)cc1. The van der Waals surface area contributed by atoms with Crippen molar-refractivity contribution in [3.63, 3.8) is 0 Å². The number of halogens is 1. The summed E-state index contributed by atoms with van der Waals surface area (Å²) >= 11 is 5.74. The van der Waals surface area contributed by atoms with Crippen LogP contribution in [0.3, 0.4) is 0 Å². The summed E-state index contributed by atoms with van der Waals surface area (Å²) in [5, 5.41) is 5.93. The highest BCUT2D eigenvalue weighted by atomic mass is 35.5. The van der Waals surface area contributed by atoms with Gasteiger partial charge >= 0.3 is 0 Å². The van der Waals surface area contributed by atoms with Crippen molar-refractivity contribution in [2.24, 2.45) is 11.8 Å². The lowest BCUT2D eigenvalue weighted by Gasteiger charge is -2.04. The molecule has 0 heterocycles. The Morgan fingerprint density at radius 1 is 1.18 bits per heavy atom. The third-order valence-electron chi connectivity index (χ3n) is 2.82. The van der Waals surface area contributed by atoms with E-state index >= 15 is 0 Å². The van der Waals surface area contributed by atoms with Crippen molar-refractivity contribution in [3.8, 4) is 0 Å². The van der Waals surface area contributed by atoms with E-state index in [-0.39, 0.29) is 23.7 Å². The molecule has 17 heavy (non-hydrogen) atoms. The molecule has 5 heteroatoms. The van der Waals surface area contributed by atoms with Crippen LogP contribution in [-0.4, -0.2) is 18.9 Å². The van der Waals surface area contributed by atoms with E-state index in [0.29, 0.717) is 17.1 Å². The zero-order valence-corrected chi connectivity index (χ0v) is 10.1. The van der Waals surface area contributed by atoms with Gasteiger partial charge in [0.15, 0.2) is 0 Å². The van der Waals surface area contributed by atoms with Crippen LogP contribution in [-0.2, 0) is 9.59 Å². The van der Waals surface area contributed by atoms with Crippen molar-refractivity contribution in [1.82, 2.24) is 5.32 Å². The molecular weight excluding hydrogens is 240 g/mol. The Morgan fingerprint density at radius 2 is 1.76 bits per heavy atom. The van der Waals surface area contributed by atoms with Crippen molar-refractivity contribution in [2.45, 2.75) is 6.42 Å². The van der Waals surface area contributed by atoms with Crippen LogP contribution in [0.4, 0.5) is 5.69 Å². The van der Waals surface area contributed by atoms with Crippen LogP contribution in [0.15, 0.2) is 24.3 Å². The van der Waals surface area contributed by atoms with Crippen LogP contribution in [0.2, 0.25) is 5.02 Å². The van der Waals surface area contributed by atoms with E-state index in [4.69, 9.17) is 11.6 Å². The summed E-state index contributed by atoms with van der Waals surface area (Å²) in [6, 6.07) is 6.88. The predicted octanol–water partition coefficient (Wildman–Crippen LogP) is 1.66. The molecule has 2 N–H and O–H groups in total. The predicted molar refractivity (Wildman–Crippen MR) is 65.7 cm³/mol. The van der Waals surface area contributed by atoms with Gasteiger partial charge in [0.1, 0.15) is 0 Å². The van der Waals surface area contributed by atoms with Crippen LogP contribution >= 0.6 is 11.6 Å². The first kappa shape index (κ1) is 11.9. The lowest BCUT2D eigenvalue weighted by molar-refractivity contribution is -0.124. The second-order valence-electron chi connectivity index (χ2n) is 4.06. The summed E-state index contributed by atoms with van der Waals surface area (Å²) in [6.45, 7) is 0. The second kappa shape index (κ2) is 4.75. The van der Waals surface area contributed by atoms with Crippen molar-refractivity contribution in [2.75, 3.05) is 12.4 Å². The zero-order chi connectivity index (χ0) is 12.4. The van der Waals surface area contributed by atoms with E-state index in [2.05, 4.69) is 10.6 Å². The zero-order valence-electron chi connectivity index (χ0n) is 9.37. The number of benzene rings is 1. The van der Waals surface area contributed by atoms with Gasteiger partial charge in [-0.05, 0) is 30.7 Å². The van der Waals surface area contributed by atoms with Gasteiger partial charge in [-0.1, -0.05) is 11.6 Å². The Morgan fingerprint density at radius 3 is 2.35 bits per heavy atom. The summed E-state index contributed by atoms with van der Waals surface area (Å²) in [6.07, 6.45) is 0.624. The lowest BCUT2D eigenvalue weighted by atomic mass is 10.2. The maximum absolute atomic E-state index is 11.8. The number of anilines is 1. The molecule has 2 atom stereocenters. The second-order valence-corrected chi connectivity index (χ2v) is 4.50. The summed E-state index contributed by atoms with van der Waals surface area (Å²) in [4.78, 5) is 23.0. The molecule has 1 aliphatic rings. The Balaban J connectivity index is 1.91. The number of carbonyl (C=O) groups excluding carboxylic acids is 2. The lowest BCUT2D eigenvalue weighted by Crippen LogP contribution is -2.23. The van der Waals surface area contributed by atoms with Gasteiger partial charge in [-0.15, -0.1) is 0 Å². The van der Waals surface area contributed by atoms with Crippen molar-refractivity contribution < 1.29 is 9.59 Å². The minimum atomic E-state index is -0.203. The first-order valence-corrected chi connectivity index (χ1v) is 5.77.